The van der Waals surface area contributed by atoms with Crippen LogP contribution in [0.4, 0.5) is 15.0 Å². The van der Waals surface area contributed by atoms with Gasteiger partial charge in [0.1, 0.15) is 23.6 Å². The normalized spacial score (nSPS) is 11.5. The number of fused-ring (bicyclic) bond motifs is 1. The summed E-state index contributed by atoms with van der Waals surface area (Å²) in [5, 5.41) is 6.86. The van der Waals surface area contributed by atoms with Crippen LogP contribution >= 0.6 is 0 Å². The number of aromatic nitrogens is 5. The number of rotatable bonds is 3. The smallest absolute Gasteiger partial charge is 0.413 e. The van der Waals surface area contributed by atoms with Crippen LogP contribution in [0.1, 0.15) is 20.8 Å². The van der Waals surface area contributed by atoms with Crippen molar-refractivity contribution >= 4 is 17.7 Å². The van der Waals surface area contributed by atoms with E-state index in [1.807, 2.05) is 6.07 Å². The summed E-state index contributed by atoms with van der Waals surface area (Å²) >= 11 is 0. The molecule has 8 nitrogen and oxygen atoms in total. The van der Waals surface area contributed by atoms with Crippen molar-refractivity contribution in [1.29, 1.82) is 0 Å². The molecule has 9 heteroatoms. The van der Waals surface area contributed by atoms with Crippen LogP contribution in [0.3, 0.4) is 0 Å². The third-order valence-electron chi connectivity index (χ3n) is 4.08. The van der Waals surface area contributed by atoms with Crippen LogP contribution in [-0.4, -0.2) is 36.3 Å². The first-order valence-electron chi connectivity index (χ1n) is 9.22. The first-order valence-corrected chi connectivity index (χ1v) is 9.22. The average Bonchev–Trinajstić information content (AvgIpc) is 3.15. The van der Waals surface area contributed by atoms with Gasteiger partial charge in [-0.05, 0) is 63.2 Å². The minimum atomic E-state index is -0.621. The molecule has 0 radical (unpaired) electrons. The summed E-state index contributed by atoms with van der Waals surface area (Å²) in [6.07, 6.45) is 2.38. The predicted octanol–water partition coefficient (Wildman–Crippen LogP) is 4.34. The highest BCUT2D eigenvalue weighted by Gasteiger charge is 2.17. The molecule has 0 bridgehead atoms. The number of pyridine rings is 1. The zero-order chi connectivity index (χ0) is 21.3. The van der Waals surface area contributed by atoms with E-state index in [4.69, 9.17) is 4.74 Å². The summed E-state index contributed by atoms with van der Waals surface area (Å²) < 4.78 is 20.2. The number of hydrogen-bond donors (Lipinski definition) is 1. The molecule has 0 unspecified atom stereocenters. The Hall–Kier alpha value is -3.88. The topological polar surface area (TPSA) is 94.3 Å². The number of nitrogens with one attached hydrogen (secondary N) is 1. The molecule has 1 N–H and O–H groups in total. The highest BCUT2D eigenvalue weighted by atomic mass is 19.1. The fourth-order valence-corrected chi connectivity index (χ4v) is 2.85. The monoisotopic (exact) mass is 406 g/mol. The Bertz CT molecular complexity index is 1210. The summed E-state index contributed by atoms with van der Waals surface area (Å²) in [7, 11) is 0. The molecule has 1 aromatic carbocycles. The van der Waals surface area contributed by atoms with Gasteiger partial charge in [0.05, 0.1) is 11.4 Å². The predicted molar refractivity (Wildman–Crippen MR) is 109 cm³/mol. The van der Waals surface area contributed by atoms with Gasteiger partial charge in [-0.3, -0.25) is 5.32 Å². The molecule has 30 heavy (non-hydrogen) atoms. The van der Waals surface area contributed by atoms with Crippen LogP contribution in [0.25, 0.3) is 28.3 Å². The van der Waals surface area contributed by atoms with Gasteiger partial charge in [0.2, 0.25) is 0 Å². The number of benzene rings is 1. The summed E-state index contributed by atoms with van der Waals surface area (Å²) in [5.74, 6) is 0.398. The van der Waals surface area contributed by atoms with E-state index in [1.165, 1.54) is 18.5 Å². The Labute approximate surface area is 171 Å². The van der Waals surface area contributed by atoms with Crippen molar-refractivity contribution < 1.29 is 13.9 Å². The molecule has 0 aliphatic carbocycles. The van der Waals surface area contributed by atoms with E-state index >= 15 is 0 Å². The molecule has 3 heterocycles. The Morgan fingerprint density at radius 3 is 2.57 bits per heavy atom. The van der Waals surface area contributed by atoms with E-state index < -0.39 is 11.7 Å². The number of anilines is 1. The maximum atomic E-state index is 13.3. The van der Waals surface area contributed by atoms with Crippen molar-refractivity contribution in [3.8, 4) is 22.5 Å². The minimum Gasteiger partial charge on any atom is -0.444 e. The van der Waals surface area contributed by atoms with Gasteiger partial charge in [0.25, 0.3) is 5.78 Å². The lowest BCUT2D eigenvalue weighted by Crippen LogP contribution is -2.27. The van der Waals surface area contributed by atoms with E-state index in [9.17, 15) is 9.18 Å². The molecular formula is C21H19FN6O2. The zero-order valence-corrected chi connectivity index (χ0v) is 16.6. The summed E-state index contributed by atoms with van der Waals surface area (Å²) in [4.78, 5) is 24.9. The maximum absolute atomic E-state index is 13.3. The molecule has 4 rings (SSSR count). The Balaban J connectivity index is 1.73. The fourth-order valence-electron chi connectivity index (χ4n) is 2.85. The summed E-state index contributed by atoms with van der Waals surface area (Å²) in [6.45, 7) is 5.35. The largest absolute Gasteiger partial charge is 0.444 e. The van der Waals surface area contributed by atoms with Crippen LogP contribution in [0.5, 0.6) is 0 Å². The lowest BCUT2D eigenvalue weighted by molar-refractivity contribution is 0.0635. The van der Waals surface area contributed by atoms with Crippen LogP contribution < -0.4 is 5.32 Å². The van der Waals surface area contributed by atoms with Gasteiger partial charge < -0.3 is 4.74 Å². The Morgan fingerprint density at radius 2 is 1.83 bits per heavy atom. The molecular weight excluding hydrogens is 387 g/mol. The minimum absolute atomic E-state index is 0.325. The van der Waals surface area contributed by atoms with E-state index in [0.717, 1.165) is 11.1 Å². The third-order valence-corrected chi connectivity index (χ3v) is 4.08. The molecule has 152 valence electrons. The van der Waals surface area contributed by atoms with Gasteiger partial charge in [-0.1, -0.05) is 0 Å². The molecule has 1 amide bonds. The van der Waals surface area contributed by atoms with Gasteiger partial charge in [0.15, 0.2) is 0 Å². The van der Waals surface area contributed by atoms with Crippen molar-refractivity contribution in [2.24, 2.45) is 0 Å². The van der Waals surface area contributed by atoms with E-state index in [-0.39, 0.29) is 5.82 Å². The lowest BCUT2D eigenvalue weighted by Gasteiger charge is -2.19. The second-order valence-corrected chi connectivity index (χ2v) is 7.56. The number of nitrogens with zero attached hydrogens (tertiary/aromatic N) is 5. The second-order valence-electron chi connectivity index (χ2n) is 7.56. The van der Waals surface area contributed by atoms with Gasteiger partial charge in [-0.2, -0.15) is 14.6 Å². The standard InChI is InChI=1S/C21H19FN6O2/c1-21(2,3)30-20(29)27-18-10-14(8-9-23-18)17-11-16(13-4-6-15(22)7-5-13)26-19-24-12-25-28(17)19/h4-12H,1-3H3,(H,23,27,29). The first-order chi connectivity index (χ1) is 14.3. The van der Waals surface area contributed by atoms with E-state index in [0.29, 0.717) is 23.0 Å². The zero-order valence-electron chi connectivity index (χ0n) is 16.6. The molecule has 3 aromatic heterocycles. The molecule has 0 fully saturated rings. The highest BCUT2D eigenvalue weighted by molar-refractivity contribution is 5.84. The first kappa shape index (κ1) is 19.4. The van der Waals surface area contributed by atoms with Crippen molar-refractivity contribution in [2.45, 2.75) is 26.4 Å². The fraction of sp³-hybridized carbons (Fsp3) is 0.190. The number of hydrogen-bond acceptors (Lipinski definition) is 6. The third kappa shape index (κ3) is 4.24. The molecule has 0 spiro atoms. The van der Waals surface area contributed by atoms with Gasteiger partial charge in [-0.25, -0.2) is 19.2 Å². The van der Waals surface area contributed by atoms with E-state index in [2.05, 4.69) is 25.4 Å². The van der Waals surface area contributed by atoms with E-state index in [1.54, 1.807) is 55.7 Å². The van der Waals surface area contributed by atoms with Gasteiger partial charge >= 0.3 is 6.09 Å². The quantitative estimate of drug-likeness (QED) is 0.544. The molecule has 0 saturated carbocycles. The van der Waals surface area contributed by atoms with Gasteiger partial charge in [-0.15, -0.1) is 0 Å². The van der Waals surface area contributed by atoms with Crippen LogP contribution in [0.2, 0.25) is 0 Å². The summed E-state index contributed by atoms with van der Waals surface area (Å²) in [5.41, 5.74) is 2.15. The molecule has 4 aromatic rings. The Morgan fingerprint density at radius 1 is 1.07 bits per heavy atom. The Kier molecular flexibility index (Phi) is 4.86. The van der Waals surface area contributed by atoms with Crippen LogP contribution in [-0.2, 0) is 4.74 Å². The average molecular weight is 406 g/mol. The number of amides is 1. The molecule has 0 saturated heterocycles. The van der Waals surface area contributed by atoms with Crippen LogP contribution in [0, 0.1) is 5.82 Å². The number of carbonyl (C=O) groups excluding carboxylic acids is 1. The number of ether oxygens (including phenoxy) is 1. The number of halogens is 1. The summed E-state index contributed by atoms with van der Waals surface area (Å²) in [6, 6.07) is 11.4. The van der Waals surface area contributed by atoms with Crippen molar-refractivity contribution in [2.75, 3.05) is 5.32 Å². The maximum Gasteiger partial charge on any atom is 0.413 e. The highest BCUT2D eigenvalue weighted by Crippen LogP contribution is 2.27. The number of carbonyl (C=O) groups is 1. The SMILES string of the molecule is CC(C)(C)OC(=O)Nc1cc(-c2cc(-c3ccc(F)cc3)nc3ncnn23)ccn1. The van der Waals surface area contributed by atoms with Gasteiger partial charge in [0, 0.05) is 17.3 Å². The van der Waals surface area contributed by atoms with Crippen LogP contribution in [0.15, 0.2) is 55.0 Å². The molecule has 0 atom stereocenters. The second kappa shape index (κ2) is 7.51. The molecule has 0 aliphatic rings. The van der Waals surface area contributed by atoms with Crippen molar-refractivity contribution in [3.63, 3.8) is 0 Å². The van der Waals surface area contributed by atoms with Crippen molar-refractivity contribution in [3.05, 3.63) is 60.8 Å². The van der Waals surface area contributed by atoms with Crippen molar-refractivity contribution in [1.82, 2.24) is 24.6 Å². The lowest BCUT2D eigenvalue weighted by atomic mass is 10.1. The molecule has 0 aliphatic heterocycles.